The van der Waals surface area contributed by atoms with Gasteiger partial charge in [0.25, 0.3) is 5.91 Å². The summed E-state index contributed by atoms with van der Waals surface area (Å²) in [5, 5.41) is 15.1. The number of likely N-dealkylation sites (N-methyl/N-ethyl adjacent to an activating group) is 1. The van der Waals surface area contributed by atoms with Crippen LogP contribution in [-0.4, -0.2) is 101 Å². The fourth-order valence-corrected chi connectivity index (χ4v) is 4.25. The highest BCUT2D eigenvalue weighted by atomic mass is 16.5. The minimum atomic E-state index is -0.527. The summed E-state index contributed by atoms with van der Waals surface area (Å²) in [7, 11) is 3.74. The van der Waals surface area contributed by atoms with Crippen molar-refractivity contribution >= 4 is 5.91 Å². The van der Waals surface area contributed by atoms with Gasteiger partial charge in [-0.1, -0.05) is 12.1 Å². The summed E-state index contributed by atoms with van der Waals surface area (Å²) in [5.41, 5.74) is 1.30. The minimum Gasteiger partial charge on any atom is -0.494 e. The normalized spacial score (nSPS) is 23.9. The average molecular weight is 399 g/mol. The van der Waals surface area contributed by atoms with E-state index in [1.165, 1.54) is 0 Å². The summed E-state index contributed by atoms with van der Waals surface area (Å²) < 4.78 is 7.03. The molecule has 2 aromatic rings. The Bertz CT molecular complexity index is 846. The summed E-state index contributed by atoms with van der Waals surface area (Å²) in [5.74, 6) is 0.597. The fourth-order valence-electron chi connectivity index (χ4n) is 4.25. The van der Waals surface area contributed by atoms with Gasteiger partial charge in [-0.05, 0) is 25.6 Å². The van der Waals surface area contributed by atoms with E-state index in [4.69, 9.17) is 4.74 Å². The maximum absolute atomic E-state index is 13.0. The van der Waals surface area contributed by atoms with E-state index in [0.29, 0.717) is 24.4 Å². The Kier molecular flexibility index (Phi) is 5.84. The molecule has 8 heteroatoms. The number of ether oxygens (including phenoxy) is 1. The number of nitrogens with zero attached hydrogens (tertiary/aromatic N) is 5. The lowest BCUT2D eigenvalue weighted by atomic mass is 9.98. The minimum absolute atomic E-state index is 0.0953. The first-order valence-electron chi connectivity index (χ1n) is 10.1. The molecule has 0 unspecified atom stereocenters. The van der Waals surface area contributed by atoms with Crippen molar-refractivity contribution in [3.05, 3.63) is 42.2 Å². The Labute approximate surface area is 171 Å². The first-order chi connectivity index (χ1) is 14.1. The van der Waals surface area contributed by atoms with Crippen molar-refractivity contribution in [2.45, 2.75) is 18.6 Å². The van der Waals surface area contributed by atoms with Crippen molar-refractivity contribution in [1.82, 2.24) is 24.5 Å². The van der Waals surface area contributed by atoms with Crippen molar-refractivity contribution in [3.63, 3.8) is 0 Å². The van der Waals surface area contributed by atoms with Gasteiger partial charge in [-0.3, -0.25) is 9.69 Å². The fraction of sp³-hybridized carbons (Fsp3) is 0.524. The highest BCUT2D eigenvalue weighted by molar-refractivity contribution is 5.94. The summed E-state index contributed by atoms with van der Waals surface area (Å²) >= 11 is 0. The van der Waals surface area contributed by atoms with Gasteiger partial charge in [0.15, 0.2) is 0 Å². The number of hydrogen-bond donors (Lipinski definition) is 1. The molecule has 8 nitrogen and oxygen atoms in total. The topological polar surface area (TPSA) is 74.1 Å². The molecule has 29 heavy (non-hydrogen) atoms. The molecular formula is C21H29N5O3. The molecule has 4 rings (SSSR count). The number of hydrogen-bond acceptors (Lipinski definition) is 6. The van der Waals surface area contributed by atoms with Gasteiger partial charge in [0.2, 0.25) is 0 Å². The number of rotatable bonds is 4. The maximum atomic E-state index is 13.0. The third kappa shape index (κ3) is 4.14. The highest BCUT2D eigenvalue weighted by Gasteiger charge is 2.35. The van der Waals surface area contributed by atoms with Gasteiger partial charge in [-0.2, -0.15) is 5.10 Å². The van der Waals surface area contributed by atoms with E-state index in [1.807, 2.05) is 24.3 Å². The van der Waals surface area contributed by atoms with Crippen molar-refractivity contribution in [2.24, 2.45) is 0 Å². The number of methoxy groups -OCH3 is 1. The van der Waals surface area contributed by atoms with Gasteiger partial charge in [-0.25, -0.2) is 4.68 Å². The van der Waals surface area contributed by atoms with Crippen LogP contribution in [0, 0.1) is 0 Å². The van der Waals surface area contributed by atoms with Crippen LogP contribution in [0.2, 0.25) is 0 Å². The Morgan fingerprint density at radius 3 is 2.66 bits per heavy atom. The maximum Gasteiger partial charge on any atom is 0.257 e. The number of carbonyl (C=O) groups is 1. The number of aromatic nitrogens is 2. The number of amides is 1. The third-order valence-corrected chi connectivity index (χ3v) is 6.00. The quantitative estimate of drug-likeness (QED) is 0.816. The predicted octanol–water partition coefficient (Wildman–Crippen LogP) is 0.704. The highest BCUT2D eigenvalue weighted by Crippen LogP contribution is 2.23. The lowest BCUT2D eigenvalue weighted by Gasteiger charge is -2.44. The number of likely N-dealkylation sites (tertiary alicyclic amines) is 1. The molecule has 2 aliphatic heterocycles. The Morgan fingerprint density at radius 1 is 1.17 bits per heavy atom. The lowest BCUT2D eigenvalue weighted by molar-refractivity contribution is -0.0219. The summed E-state index contributed by atoms with van der Waals surface area (Å²) in [6, 6.07) is 7.68. The van der Waals surface area contributed by atoms with Gasteiger partial charge < -0.3 is 19.6 Å². The number of aliphatic hydroxyl groups is 1. The van der Waals surface area contributed by atoms with Crippen molar-refractivity contribution in [2.75, 3.05) is 53.4 Å². The Balaban J connectivity index is 1.41. The molecule has 0 saturated carbocycles. The predicted molar refractivity (Wildman–Crippen MR) is 110 cm³/mol. The number of benzene rings is 1. The van der Waals surface area contributed by atoms with Crippen LogP contribution < -0.4 is 4.74 Å². The third-order valence-electron chi connectivity index (χ3n) is 6.00. The van der Waals surface area contributed by atoms with E-state index in [0.717, 1.165) is 38.3 Å². The number of piperidine rings is 1. The molecule has 2 fully saturated rings. The molecule has 0 aliphatic carbocycles. The smallest absolute Gasteiger partial charge is 0.257 e. The zero-order chi connectivity index (χ0) is 20.4. The molecule has 0 spiro atoms. The van der Waals surface area contributed by atoms with Crippen LogP contribution in [0.1, 0.15) is 16.8 Å². The number of para-hydroxylation sites is 2. The van der Waals surface area contributed by atoms with Crippen LogP contribution in [0.15, 0.2) is 36.7 Å². The monoisotopic (exact) mass is 399 g/mol. The SMILES string of the molecule is COc1ccccc1-n1cc(C(=O)N2CC[C@@H](N3CCN(C)CC3)[C@H](O)C2)cn1. The van der Waals surface area contributed by atoms with Crippen LogP contribution in [0.25, 0.3) is 5.69 Å². The number of β-amino-alcohol motifs (C(OH)–C–C–N with tert-alkyl or cyclic N) is 1. The molecule has 2 saturated heterocycles. The second kappa shape index (κ2) is 8.52. The van der Waals surface area contributed by atoms with Gasteiger partial charge in [0, 0.05) is 51.5 Å². The van der Waals surface area contributed by atoms with Crippen molar-refractivity contribution in [3.8, 4) is 11.4 Å². The molecule has 0 radical (unpaired) electrons. The van der Waals surface area contributed by atoms with Crippen LogP contribution in [0.4, 0.5) is 0 Å². The summed E-state index contributed by atoms with van der Waals surface area (Å²) in [6.07, 6.45) is 3.56. The second-order valence-corrected chi connectivity index (χ2v) is 7.86. The molecule has 2 aliphatic rings. The molecule has 2 atom stereocenters. The lowest BCUT2D eigenvalue weighted by Crippen LogP contribution is -2.59. The van der Waals surface area contributed by atoms with Crippen LogP contribution >= 0.6 is 0 Å². The van der Waals surface area contributed by atoms with E-state index in [1.54, 1.807) is 29.1 Å². The Morgan fingerprint density at radius 2 is 1.93 bits per heavy atom. The zero-order valence-electron chi connectivity index (χ0n) is 17.1. The largest absolute Gasteiger partial charge is 0.494 e. The van der Waals surface area contributed by atoms with Crippen molar-refractivity contribution in [1.29, 1.82) is 0 Å². The Hall–Kier alpha value is -2.42. The van der Waals surface area contributed by atoms with Crippen LogP contribution in [0.5, 0.6) is 5.75 Å². The van der Waals surface area contributed by atoms with Gasteiger partial charge in [-0.15, -0.1) is 0 Å². The van der Waals surface area contributed by atoms with Gasteiger partial charge in [0.1, 0.15) is 11.4 Å². The van der Waals surface area contributed by atoms with E-state index >= 15 is 0 Å². The molecule has 156 valence electrons. The average Bonchev–Trinajstić information content (AvgIpc) is 3.24. The van der Waals surface area contributed by atoms with E-state index in [-0.39, 0.29) is 11.9 Å². The van der Waals surface area contributed by atoms with E-state index < -0.39 is 6.10 Å². The number of carbonyl (C=O) groups excluding carboxylic acids is 1. The molecule has 1 N–H and O–H groups in total. The van der Waals surface area contributed by atoms with Crippen molar-refractivity contribution < 1.29 is 14.6 Å². The van der Waals surface area contributed by atoms with Crippen LogP contribution in [0.3, 0.4) is 0 Å². The summed E-state index contributed by atoms with van der Waals surface area (Å²) in [4.78, 5) is 19.4. The summed E-state index contributed by atoms with van der Waals surface area (Å²) in [6.45, 7) is 4.99. The zero-order valence-corrected chi connectivity index (χ0v) is 17.1. The van der Waals surface area contributed by atoms with Crippen LogP contribution in [-0.2, 0) is 0 Å². The standard InChI is InChI=1S/C21H29N5O3/c1-23-9-11-24(12-10-23)17-7-8-25(15-19(17)27)21(28)16-13-22-26(14-16)18-5-3-4-6-20(18)29-2/h3-6,13-14,17,19,27H,7-12,15H2,1-2H3/t17-,19-/m1/s1. The molecule has 1 amide bonds. The first-order valence-corrected chi connectivity index (χ1v) is 10.1. The first kappa shape index (κ1) is 19.9. The number of aliphatic hydroxyl groups excluding tert-OH is 1. The molecule has 0 bridgehead atoms. The number of piperazine rings is 1. The van der Waals surface area contributed by atoms with E-state index in [9.17, 15) is 9.90 Å². The molecule has 1 aromatic carbocycles. The van der Waals surface area contributed by atoms with E-state index in [2.05, 4.69) is 21.9 Å². The second-order valence-electron chi connectivity index (χ2n) is 7.86. The molecule has 3 heterocycles. The molecule has 1 aromatic heterocycles. The molecular weight excluding hydrogens is 370 g/mol. The van der Waals surface area contributed by atoms with Gasteiger partial charge in [0.05, 0.1) is 25.0 Å². The van der Waals surface area contributed by atoms with Gasteiger partial charge >= 0.3 is 0 Å².